The van der Waals surface area contributed by atoms with E-state index in [1.54, 1.807) is 12.1 Å². The summed E-state index contributed by atoms with van der Waals surface area (Å²) in [5.74, 6) is -1.81. The van der Waals surface area contributed by atoms with E-state index in [2.05, 4.69) is 5.32 Å². The van der Waals surface area contributed by atoms with Gasteiger partial charge in [0.15, 0.2) is 15.9 Å². The lowest BCUT2D eigenvalue weighted by Gasteiger charge is -2.15. The summed E-state index contributed by atoms with van der Waals surface area (Å²) in [7, 11) is -3.41. The minimum absolute atomic E-state index is 0.0379. The number of carbonyl (C=O) groups is 2. The first kappa shape index (κ1) is 18.2. The minimum atomic E-state index is -3.41. The molecule has 1 atom stereocenters. The van der Waals surface area contributed by atoms with Gasteiger partial charge in [-0.25, -0.2) is 13.2 Å². The topological polar surface area (TPSA) is 101 Å². The van der Waals surface area contributed by atoms with Crippen molar-refractivity contribution in [1.82, 2.24) is 5.32 Å². The van der Waals surface area contributed by atoms with Crippen molar-refractivity contribution in [2.75, 3.05) is 6.26 Å². The number of nitrogens with one attached hydrogen (secondary N) is 1. The highest BCUT2D eigenvalue weighted by atomic mass is 32.2. The van der Waals surface area contributed by atoms with Crippen LogP contribution in [0.1, 0.15) is 32.4 Å². The number of sulfone groups is 1. The van der Waals surface area contributed by atoms with E-state index >= 15 is 0 Å². The second-order valence-corrected chi connectivity index (χ2v) is 8.51. The molecule has 0 saturated carbocycles. The van der Waals surface area contributed by atoms with Gasteiger partial charge in [0.2, 0.25) is 0 Å². The lowest BCUT2D eigenvalue weighted by molar-refractivity contribution is -0.139. The number of carboxylic acid groups (broad SMARTS) is 1. The van der Waals surface area contributed by atoms with E-state index in [0.29, 0.717) is 5.56 Å². The molecular weight excluding hydrogens is 350 g/mol. The molecule has 2 aromatic rings. The highest BCUT2D eigenvalue weighted by molar-refractivity contribution is 7.90. The van der Waals surface area contributed by atoms with Crippen LogP contribution in [0.25, 0.3) is 0 Å². The van der Waals surface area contributed by atoms with Crippen LogP contribution in [-0.4, -0.2) is 31.7 Å². The van der Waals surface area contributed by atoms with E-state index in [-0.39, 0.29) is 9.77 Å². The molecule has 0 fully saturated rings. The zero-order valence-electron chi connectivity index (χ0n) is 13.4. The van der Waals surface area contributed by atoms with Crippen molar-refractivity contribution < 1.29 is 23.1 Å². The Balaban J connectivity index is 2.29. The first-order chi connectivity index (χ1) is 11.1. The molecule has 1 aromatic heterocycles. The number of rotatable bonds is 5. The molecule has 0 aliphatic heterocycles. The van der Waals surface area contributed by atoms with E-state index in [0.717, 1.165) is 28.7 Å². The number of amides is 1. The van der Waals surface area contributed by atoms with Gasteiger partial charge in [0, 0.05) is 11.6 Å². The first-order valence-corrected chi connectivity index (χ1v) is 9.75. The predicted molar refractivity (Wildman–Crippen MR) is 91.2 cm³/mol. The molecule has 2 rings (SSSR count). The molecule has 0 saturated heterocycles. The monoisotopic (exact) mass is 367 g/mol. The maximum atomic E-state index is 12.3. The van der Waals surface area contributed by atoms with Gasteiger partial charge in [-0.05, 0) is 25.5 Å². The SMILES string of the molecule is Cc1cc(C)cc(C(NC(=O)c2cc(S(C)(=O)=O)cs2)C(=O)O)c1. The van der Waals surface area contributed by atoms with Gasteiger partial charge < -0.3 is 10.4 Å². The van der Waals surface area contributed by atoms with E-state index in [9.17, 15) is 23.1 Å². The third-order valence-corrected chi connectivity index (χ3v) is 5.50. The van der Waals surface area contributed by atoms with Crippen molar-refractivity contribution in [3.63, 3.8) is 0 Å². The number of hydrogen-bond acceptors (Lipinski definition) is 5. The number of benzene rings is 1. The fraction of sp³-hybridized carbons (Fsp3) is 0.250. The van der Waals surface area contributed by atoms with Crippen LogP contribution < -0.4 is 5.32 Å². The van der Waals surface area contributed by atoms with Crippen LogP contribution in [-0.2, 0) is 14.6 Å². The summed E-state index contributed by atoms with van der Waals surface area (Å²) < 4.78 is 23.0. The molecule has 0 spiro atoms. The second-order valence-electron chi connectivity index (χ2n) is 5.58. The molecule has 0 aliphatic rings. The minimum Gasteiger partial charge on any atom is -0.479 e. The lowest BCUT2D eigenvalue weighted by atomic mass is 10.0. The third-order valence-electron chi connectivity index (χ3n) is 3.33. The van der Waals surface area contributed by atoms with Gasteiger partial charge in [-0.1, -0.05) is 29.3 Å². The lowest BCUT2D eigenvalue weighted by Crippen LogP contribution is -2.33. The summed E-state index contributed by atoms with van der Waals surface area (Å²) in [6.45, 7) is 3.68. The Labute approximate surface area is 144 Å². The first-order valence-electron chi connectivity index (χ1n) is 6.98. The van der Waals surface area contributed by atoms with E-state index in [1.165, 1.54) is 11.4 Å². The molecule has 0 bridgehead atoms. The van der Waals surface area contributed by atoms with Gasteiger partial charge in [0.1, 0.15) is 0 Å². The maximum absolute atomic E-state index is 12.3. The molecule has 1 heterocycles. The summed E-state index contributed by atoms with van der Waals surface area (Å²) in [6, 6.07) is 5.34. The summed E-state index contributed by atoms with van der Waals surface area (Å²) in [5.41, 5.74) is 2.25. The molecule has 0 aliphatic carbocycles. The van der Waals surface area contributed by atoms with Gasteiger partial charge in [-0.15, -0.1) is 11.3 Å². The summed E-state index contributed by atoms with van der Waals surface area (Å²) in [4.78, 5) is 24.0. The molecular formula is C16H17NO5S2. The number of carboxylic acids is 1. The molecule has 1 unspecified atom stereocenters. The van der Waals surface area contributed by atoms with E-state index < -0.39 is 27.8 Å². The molecule has 24 heavy (non-hydrogen) atoms. The molecule has 128 valence electrons. The van der Waals surface area contributed by atoms with Gasteiger partial charge in [0.05, 0.1) is 9.77 Å². The van der Waals surface area contributed by atoms with Crippen LogP contribution in [0, 0.1) is 13.8 Å². The van der Waals surface area contributed by atoms with Gasteiger partial charge >= 0.3 is 5.97 Å². The Bertz CT molecular complexity index is 879. The third kappa shape index (κ3) is 4.21. The van der Waals surface area contributed by atoms with E-state index in [4.69, 9.17) is 0 Å². The fourth-order valence-electron chi connectivity index (χ4n) is 2.30. The smallest absolute Gasteiger partial charge is 0.330 e. The van der Waals surface area contributed by atoms with Crippen molar-refractivity contribution in [3.05, 3.63) is 51.2 Å². The van der Waals surface area contributed by atoms with Crippen LogP contribution in [0.5, 0.6) is 0 Å². The van der Waals surface area contributed by atoms with Crippen molar-refractivity contribution >= 4 is 33.1 Å². The quantitative estimate of drug-likeness (QED) is 0.845. The average molecular weight is 367 g/mol. The van der Waals surface area contributed by atoms with E-state index in [1.807, 2.05) is 19.9 Å². The fourth-order valence-corrected chi connectivity index (χ4v) is 4.22. The molecule has 6 nitrogen and oxygen atoms in total. The van der Waals surface area contributed by atoms with Gasteiger partial charge in [0.25, 0.3) is 5.91 Å². The van der Waals surface area contributed by atoms with Crippen LogP contribution >= 0.6 is 11.3 Å². The van der Waals surface area contributed by atoms with Gasteiger partial charge in [-0.3, -0.25) is 4.79 Å². The number of aliphatic carboxylic acids is 1. The normalized spacial score (nSPS) is 12.6. The summed E-state index contributed by atoms with van der Waals surface area (Å²) in [6.07, 6.45) is 1.05. The highest BCUT2D eigenvalue weighted by Gasteiger charge is 2.24. The number of thiophene rings is 1. The average Bonchev–Trinajstić information content (AvgIpc) is 2.92. The number of aryl methyl sites for hydroxylation is 2. The summed E-state index contributed by atoms with van der Waals surface area (Å²) in [5, 5.41) is 13.2. The van der Waals surface area contributed by atoms with Crippen molar-refractivity contribution in [2.24, 2.45) is 0 Å². The second kappa shape index (κ2) is 6.74. The highest BCUT2D eigenvalue weighted by Crippen LogP contribution is 2.22. The Morgan fingerprint density at radius 1 is 1.12 bits per heavy atom. The maximum Gasteiger partial charge on any atom is 0.330 e. The van der Waals surface area contributed by atoms with Crippen molar-refractivity contribution in [2.45, 2.75) is 24.8 Å². The largest absolute Gasteiger partial charge is 0.479 e. The molecule has 8 heteroatoms. The number of hydrogen-bond donors (Lipinski definition) is 2. The van der Waals surface area contributed by atoms with Crippen LogP contribution in [0.2, 0.25) is 0 Å². The predicted octanol–water partition coefficient (Wildman–Crippen LogP) is 2.32. The molecule has 1 amide bonds. The Hall–Kier alpha value is -2.19. The van der Waals surface area contributed by atoms with Crippen LogP contribution in [0.15, 0.2) is 34.5 Å². The Morgan fingerprint density at radius 2 is 1.71 bits per heavy atom. The van der Waals surface area contributed by atoms with Crippen molar-refractivity contribution in [1.29, 1.82) is 0 Å². The standard InChI is InChI=1S/C16H17NO5S2/c1-9-4-10(2)6-11(5-9)14(16(19)20)17-15(18)13-7-12(8-23-13)24(3,21)22/h4-8,14H,1-3H3,(H,17,18)(H,19,20). The van der Waals surface area contributed by atoms with Gasteiger partial charge in [-0.2, -0.15) is 0 Å². The van der Waals surface area contributed by atoms with Crippen LogP contribution in [0.3, 0.4) is 0 Å². The summed E-state index contributed by atoms with van der Waals surface area (Å²) >= 11 is 0.956. The Kier molecular flexibility index (Phi) is 5.10. The molecule has 1 aromatic carbocycles. The zero-order valence-corrected chi connectivity index (χ0v) is 15.0. The molecule has 2 N–H and O–H groups in total. The Morgan fingerprint density at radius 3 is 2.17 bits per heavy atom. The molecule has 0 radical (unpaired) electrons. The van der Waals surface area contributed by atoms with Crippen LogP contribution in [0.4, 0.5) is 0 Å². The zero-order chi connectivity index (χ0) is 18.1. The van der Waals surface area contributed by atoms with Crippen molar-refractivity contribution in [3.8, 4) is 0 Å². The number of carbonyl (C=O) groups excluding carboxylic acids is 1.